The lowest BCUT2D eigenvalue weighted by Crippen LogP contribution is -2.24. The van der Waals surface area contributed by atoms with Crippen LogP contribution in [0, 0.1) is 12.8 Å². The number of amides is 1. The predicted octanol–water partition coefficient (Wildman–Crippen LogP) is 5.70. The van der Waals surface area contributed by atoms with Gasteiger partial charge in [0.25, 0.3) is 5.91 Å². The maximum Gasteiger partial charge on any atom is 0.253 e. The number of aryl methyl sites for hydroxylation is 2. The van der Waals surface area contributed by atoms with E-state index in [4.69, 9.17) is 0 Å². The third-order valence-corrected chi connectivity index (χ3v) is 7.29. The van der Waals surface area contributed by atoms with E-state index < -0.39 is 0 Å². The fraction of sp³-hybridized carbons (Fsp3) is 0.200. The molecule has 1 amide bonds. The van der Waals surface area contributed by atoms with E-state index in [1.807, 2.05) is 43.1 Å². The third kappa shape index (κ3) is 4.12. The van der Waals surface area contributed by atoms with Crippen LogP contribution in [0.2, 0.25) is 0 Å². The van der Waals surface area contributed by atoms with Gasteiger partial charge in [-0.25, -0.2) is 15.0 Å². The quantitative estimate of drug-likeness (QED) is 0.321. The molecule has 7 heteroatoms. The summed E-state index contributed by atoms with van der Waals surface area (Å²) < 4.78 is 2.03. The molecule has 184 valence electrons. The molecule has 1 saturated heterocycles. The summed E-state index contributed by atoms with van der Waals surface area (Å²) in [5.74, 6) is 0.824. The van der Waals surface area contributed by atoms with E-state index in [-0.39, 0.29) is 11.8 Å². The second-order valence-corrected chi connectivity index (χ2v) is 9.89. The molecule has 0 radical (unpaired) electrons. The van der Waals surface area contributed by atoms with E-state index in [0.29, 0.717) is 17.9 Å². The predicted molar refractivity (Wildman–Crippen MR) is 148 cm³/mol. The van der Waals surface area contributed by atoms with Crippen LogP contribution in [-0.4, -0.2) is 32.0 Å². The molecule has 0 saturated carbocycles. The number of carbonyl (C=O) groups is 1. The number of imidazole rings is 1. The molecule has 37 heavy (non-hydrogen) atoms. The number of aromatic nitrogens is 4. The van der Waals surface area contributed by atoms with Gasteiger partial charge >= 0.3 is 0 Å². The maximum atomic E-state index is 12.7. The monoisotopic (exact) mass is 488 g/mol. The summed E-state index contributed by atoms with van der Waals surface area (Å²) in [6.07, 6.45) is 4.25. The summed E-state index contributed by atoms with van der Waals surface area (Å²) in [4.78, 5) is 27.9. The summed E-state index contributed by atoms with van der Waals surface area (Å²) in [5, 5.41) is 4.33. The van der Waals surface area contributed by atoms with Gasteiger partial charge in [0.1, 0.15) is 12.1 Å². The number of hydrogen-bond donors (Lipinski definition) is 1. The average molecular weight is 489 g/mol. The van der Waals surface area contributed by atoms with Crippen LogP contribution < -0.4 is 10.2 Å². The van der Waals surface area contributed by atoms with Gasteiger partial charge < -0.3 is 14.8 Å². The first-order valence-electron chi connectivity index (χ1n) is 12.4. The SMILES string of the molecule is C=C1C(=O)N(c2ccc3ncnc(Nc4ccc(Cc5ccc6c(c5)ncn6C)c(C)c4)c3c2)C[C@H]1C. The van der Waals surface area contributed by atoms with Crippen molar-refractivity contribution in [3.05, 3.63) is 96.1 Å². The van der Waals surface area contributed by atoms with Gasteiger partial charge in [0.05, 0.1) is 22.9 Å². The highest BCUT2D eigenvalue weighted by molar-refractivity contribution is 6.09. The van der Waals surface area contributed by atoms with E-state index in [1.165, 1.54) is 16.7 Å². The normalized spacial score (nSPS) is 15.8. The van der Waals surface area contributed by atoms with Crippen LogP contribution in [0.4, 0.5) is 17.2 Å². The Morgan fingerprint density at radius 2 is 1.89 bits per heavy atom. The highest BCUT2D eigenvalue weighted by Gasteiger charge is 2.31. The Kier molecular flexibility index (Phi) is 5.48. The highest BCUT2D eigenvalue weighted by atomic mass is 16.2. The zero-order chi connectivity index (χ0) is 25.7. The van der Waals surface area contributed by atoms with Crippen LogP contribution in [0.1, 0.15) is 23.6 Å². The molecule has 3 heterocycles. The van der Waals surface area contributed by atoms with Gasteiger partial charge in [0, 0.05) is 41.8 Å². The first-order chi connectivity index (χ1) is 17.9. The molecule has 0 unspecified atom stereocenters. The fourth-order valence-corrected chi connectivity index (χ4v) is 5.01. The summed E-state index contributed by atoms with van der Waals surface area (Å²) in [6.45, 7) is 8.74. The van der Waals surface area contributed by atoms with Gasteiger partial charge in [-0.2, -0.15) is 0 Å². The van der Waals surface area contributed by atoms with Crippen molar-refractivity contribution in [2.45, 2.75) is 20.3 Å². The molecule has 1 aliphatic heterocycles. The lowest BCUT2D eigenvalue weighted by atomic mass is 9.99. The lowest BCUT2D eigenvalue weighted by Gasteiger charge is -2.17. The molecule has 1 aliphatic rings. The molecule has 0 aliphatic carbocycles. The van der Waals surface area contributed by atoms with Crippen LogP contribution in [0.3, 0.4) is 0 Å². The average Bonchev–Trinajstić information content (AvgIpc) is 3.39. The van der Waals surface area contributed by atoms with Crippen molar-refractivity contribution in [3.63, 3.8) is 0 Å². The minimum absolute atomic E-state index is 0.0217. The molecule has 6 rings (SSSR count). The topological polar surface area (TPSA) is 75.9 Å². The molecule has 1 fully saturated rings. The number of carbonyl (C=O) groups excluding carboxylic acids is 1. The molecular weight excluding hydrogens is 460 g/mol. The molecule has 0 spiro atoms. The zero-order valence-electron chi connectivity index (χ0n) is 21.2. The van der Waals surface area contributed by atoms with Gasteiger partial charge in [-0.15, -0.1) is 0 Å². The fourth-order valence-electron chi connectivity index (χ4n) is 5.01. The molecule has 1 N–H and O–H groups in total. The number of rotatable bonds is 5. The first-order valence-corrected chi connectivity index (χ1v) is 12.4. The summed E-state index contributed by atoms with van der Waals surface area (Å²) in [6, 6.07) is 18.7. The van der Waals surface area contributed by atoms with Crippen molar-refractivity contribution in [1.82, 2.24) is 19.5 Å². The van der Waals surface area contributed by atoms with Crippen molar-refractivity contribution in [2.75, 3.05) is 16.8 Å². The minimum atomic E-state index is -0.0217. The van der Waals surface area contributed by atoms with Crippen molar-refractivity contribution < 1.29 is 4.79 Å². The van der Waals surface area contributed by atoms with Crippen molar-refractivity contribution in [2.24, 2.45) is 13.0 Å². The second-order valence-electron chi connectivity index (χ2n) is 9.89. The Bertz CT molecular complexity index is 1700. The van der Waals surface area contributed by atoms with E-state index in [2.05, 4.69) is 70.2 Å². The number of fused-ring (bicyclic) bond motifs is 2. The zero-order valence-corrected chi connectivity index (χ0v) is 21.2. The Labute approximate surface area is 215 Å². The Hall–Kier alpha value is -4.52. The van der Waals surface area contributed by atoms with E-state index >= 15 is 0 Å². The number of benzene rings is 3. The molecular formula is C30H28N6O. The minimum Gasteiger partial charge on any atom is -0.340 e. The van der Waals surface area contributed by atoms with Crippen LogP contribution >= 0.6 is 0 Å². The molecule has 0 bridgehead atoms. The van der Waals surface area contributed by atoms with Gasteiger partial charge in [0.15, 0.2) is 0 Å². The number of anilines is 3. The third-order valence-electron chi connectivity index (χ3n) is 7.29. The van der Waals surface area contributed by atoms with Crippen molar-refractivity contribution >= 4 is 45.0 Å². The summed E-state index contributed by atoms with van der Waals surface area (Å²) in [5.41, 5.74) is 9.09. The molecule has 5 aromatic rings. The Morgan fingerprint density at radius 1 is 1.03 bits per heavy atom. The highest BCUT2D eigenvalue weighted by Crippen LogP contribution is 2.32. The number of nitrogens with one attached hydrogen (secondary N) is 1. The number of hydrogen-bond acceptors (Lipinski definition) is 5. The van der Waals surface area contributed by atoms with Crippen LogP contribution in [0.5, 0.6) is 0 Å². The molecule has 3 aromatic carbocycles. The second kappa shape index (κ2) is 8.85. The Morgan fingerprint density at radius 3 is 2.68 bits per heavy atom. The Balaban J connectivity index is 1.26. The van der Waals surface area contributed by atoms with E-state index in [0.717, 1.165) is 39.7 Å². The van der Waals surface area contributed by atoms with Crippen LogP contribution in [0.15, 0.2) is 79.4 Å². The van der Waals surface area contributed by atoms with Gasteiger partial charge in [-0.3, -0.25) is 4.79 Å². The lowest BCUT2D eigenvalue weighted by molar-refractivity contribution is -0.114. The van der Waals surface area contributed by atoms with Crippen LogP contribution in [0.25, 0.3) is 21.9 Å². The van der Waals surface area contributed by atoms with Crippen LogP contribution in [-0.2, 0) is 18.3 Å². The van der Waals surface area contributed by atoms with Crippen molar-refractivity contribution in [1.29, 1.82) is 0 Å². The molecule has 7 nitrogen and oxygen atoms in total. The first kappa shape index (κ1) is 22.9. The molecule has 1 atom stereocenters. The van der Waals surface area contributed by atoms with E-state index in [1.54, 1.807) is 11.2 Å². The van der Waals surface area contributed by atoms with E-state index in [9.17, 15) is 4.79 Å². The standard InChI is InChI=1S/C30H28N6O/c1-18-11-23(7-6-22(18)12-21-5-10-28-27(13-21)33-17-35(28)4)34-29-25-14-24(8-9-26(25)31-16-32-29)36-15-19(2)20(3)30(36)37/h5-11,13-14,16-17,19H,3,12,15H2,1-2,4H3,(H,31,32,34)/t19-/m1/s1. The molecule has 2 aromatic heterocycles. The maximum absolute atomic E-state index is 12.7. The summed E-state index contributed by atoms with van der Waals surface area (Å²) >= 11 is 0. The van der Waals surface area contributed by atoms with Gasteiger partial charge in [-0.05, 0) is 72.5 Å². The van der Waals surface area contributed by atoms with Gasteiger partial charge in [-0.1, -0.05) is 25.6 Å². The number of nitrogens with zero attached hydrogens (tertiary/aromatic N) is 5. The summed E-state index contributed by atoms with van der Waals surface area (Å²) in [7, 11) is 2.01. The van der Waals surface area contributed by atoms with Crippen molar-refractivity contribution in [3.8, 4) is 0 Å². The largest absolute Gasteiger partial charge is 0.340 e. The smallest absolute Gasteiger partial charge is 0.253 e. The van der Waals surface area contributed by atoms with Gasteiger partial charge in [0.2, 0.25) is 0 Å².